The standard InChI is InChI=1S/C12H20N2O2/c15-12-14(9-4-3-7-13-8-9)10-5-1-2-6-11(10)16-12/h9-11,13H,1-8H2. The van der Waals surface area contributed by atoms with E-state index in [1.165, 1.54) is 19.3 Å². The summed E-state index contributed by atoms with van der Waals surface area (Å²) in [7, 11) is 0. The van der Waals surface area contributed by atoms with Crippen molar-refractivity contribution in [1.82, 2.24) is 10.2 Å². The Labute approximate surface area is 96.3 Å². The molecule has 4 nitrogen and oxygen atoms in total. The topological polar surface area (TPSA) is 41.6 Å². The Bertz CT molecular complexity index is 276. The van der Waals surface area contributed by atoms with Crippen molar-refractivity contribution in [1.29, 1.82) is 0 Å². The smallest absolute Gasteiger partial charge is 0.410 e. The van der Waals surface area contributed by atoms with Crippen LogP contribution in [0, 0.1) is 0 Å². The Morgan fingerprint density at radius 1 is 1.19 bits per heavy atom. The van der Waals surface area contributed by atoms with E-state index in [0.717, 1.165) is 32.4 Å². The highest BCUT2D eigenvalue weighted by molar-refractivity contribution is 5.71. The summed E-state index contributed by atoms with van der Waals surface area (Å²) in [5.74, 6) is 0. The Balaban J connectivity index is 1.74. The zero-order valence-electron chi connectivity index (χ0n) is 9.65. The maximum atomic E-state index is 11.9. The second-order valence-corrected chi connectivity index (χ2v) is 5.18. The number of carbonyl (C=O) groups excluding carboxylic acids is 1. The third-order valence-electron chi connectivity index (χ3n) is 4.15. The molecule has 1 aliphatic carbocycles. The van der Waals surface area contributed by atoms with Gasteiger partial charge < -0.3 is 10.1 Å². The minimum Gasteiger partial charge on any atom is -0.444 e. The van der Waals surface area contributed by atoms with Crippen LogP contribution in [-0.4, -0.2) is 42.3 Å². The summed E-state index contributed by atoms with van der Waals surface area (Å²) in [5, 5.41) is 3.38. The van der Waals surface area contributed by atoms with Crippen molar-refractivity contribution in [2.75, 3.05) is 13.1 Å². The zero-order chi connectivity index (χ0) is 11.0. The molecule has 1 N–H and O–H groups in total. The van der Waals surface area contributed by atoms with Gasteiger partial charge >= 0.3 is 6.09 Å². The highest BCUT2D eigenvalue weighted by Gasteiger charge is 2.45. The van der Waals surface area contributed by atoms with E-state index in [-0.39, 0.29) is 12.2 Å². The molecule has 1 saturated carbocycles. The molecule has 3 rings (SSSR count). The third-order valence-corrected chi connectivity index (χ3v) is 4.15. The first-order valence-corrected chi connectivity index (χ1v) is 6.56. The van der Waals surface area contributed by atoms with Crippen molar-refractivity contribution in [3.8, 4) is 0 Å². The molecule has 0 radical (unpaired) electrons. The summed E-state index contributed by atoms with van der Waals surface area (Å²) in [4.78, 5) is 14.0. The maximum Gasteiger partial charge on any atom is 0.410 e. The lowest BCUT2D eigenvalue weighted by molar-refractivity contribution is 0.113. The average Bonchev–Trinajstić information content (AvgIpc) is 2.66. The van der Waals surface area contributed by atoms with E-state index in [9.17, 15) is 4.79 Å². The van der Waals surface area contributed by atoms with E-state index >= 15 is 0 Å². The summed E-state index contributed by atoms with van der Waals surface area (Å²) >= 11 is 0. The van der Waals surface area contributed by atoms with Gasteiger partial charge in [-0.2, -0.15) is 0 Å². The van der Waals surface area contributed by atoms with Crippen molar-refractivity contribution in [2.45, 2.75) is 56.7 Å². The number of carbonyl (C=O) groups is 1. The number of nitrogens with one attached hydrogen (secondary N) is 1. The molecule has 3 unspecified atom stereocenters. The van der Waals surface area contributed by atoms with Crippen LogP contribution in [0.5, 0.6) is 0 Å². The number of nitrogens with zero attached hydrogens (tertiary/aromatic N) is 1. The minimum atomic E-state index is -0.0643. The molecule has 4 heteroatoms. The number of ether oxygens (including phenoxy) is 1. The number of amides is 1. The number of rotatable bonds is 1. The summed E-state index contributed by atoms with van der Waals surface area (Å²) < 4.78 is 5.49. The first kappa shape index (κ1) is 10.4. The SMILES string of the molecule is O=C1OC2CCCCC2N1C1CCCNC1. The third kappa shape index (κ3) is 1.69. The zero-order valence-corrected chi connectivity index (χ0v) is 9.65. The molecule has 0 aromatic carbocycles. The Kier molecular flexibility index (Phi) is 2.75. The van der Waals surface area contributed by atoms with Gasteiger partial charge in [0.25, 0.3) is 0 Å². The normalized spacial score (nSPS) is 39.4. The lowest BCUT2D eigenvalue weighted by atomic mass is 9.91. The second kappa shape index (κ2) is 4.24. The van der Waals surface area contributed by atoms with Gasteiger partial charge in [0.1, 0.15) is 6.10 Å². The van der Waals surface area contributed by atoms with E-state index < -0.39 is 0 Å². The average molecular weight is 224 g/mol. The van der Waals surface area contributed by atoms with Crippen LogP contribution in [0.4, 0.5) is 4.79 Å². The molecule has 3 fully saturated rings. The predicted molar refractivity (Wildman–Crippen MR) is 60.3 cm³/mol. The molecular formula is C12H20N2O2. The van der Waals surface area contributed by atoms with Gasteiger partial charge in [0.15, 0.2) is 0 Å². The van der Waals surface area contributed by atoms with E-state index in [1.807, 2.05) is 4.90 Å². The number of hydrogen-bond donors (Lipinski definition) is 1. The monoisotopic (exact) mass is 224 g/mol. The molecule has 2 aliphatic heterocycles. The summed E-state index contributed by atoms with van der Waals surface area (Å²) in [6, 6.07) is 0.737. The van der Waals surface area contributed by atoms with Crippen LogP contribution in [0.3, 0.4) is 0 Å². The molecule has 1 amide bonds. The molecule has 2 heterocycles. The molecule has 0 spiro atoms. The van der Waals surface area contributed by atoms with Gasteiger partial charge in [-0.05, 0) is 38.6 Å². The molecule has 3 atom stereocenters. The van der Waals surface area contributed by atoms with Gasteiger partial charge in [0.05, 0.1) is 6.04 Å². The van der Waals surface area contributed by atoms with E-state index in [0.29, 0.717) is 12.1 Å². The first-order valence-electron chi connectivity index (χ1n) is 6.56. The molecule has 0 aromatic rings. The van der Waals surface area contributed by atoms with Gasteiger partial charge in [0, 0.05) is 12.6 Å². The van der Waals surface area contributed by atoms with Gasteiger partial charge in [-0.3, -0.25) is 4.90 Å². The Hall–Kier alpha value is -0.770. The fourth-order valence-corrected chi connectivity index (χ4v) is 3.35. The second-order valence-electron chi connectivity index (χ2n) is 5.18. The largest absolute Gasteiger partial charge is 0.444 e. The minimum absolute atomic E-state index is 0.0643. The van der Waals surface area contributed by atoms with Crippen LogP contribution in [0.1, 0.15) is 38.5 Å². The van der Waals surface area contributed by atoms with E-state index in [2.05, 4.69) is 5.32 Å². The molecular weight excluding hydrogens is 204 g/mol. The number of hydrogen-bond acceptors (Lipinski definition) is 3. The van der Waals surface area contributed by atoms with Crippen molar-refractivity contribution in [2.24, 2.45) is 0 Å². The number of fused-ring (bicyclic) bond motifs is 1. The van der Waals surface area contributed by atoms with Crippen LogP contribution in [0.25, 0.3) is 0 Å². The van der Waals surface area contributed by atoms with Crippen molar-refractivity contribution < 1.29 is 9.53 Å². The lowest BCUT2D eigenvalue weighted by Crippen LogP contribution is -2.51. The first-order chi connectivity index (χ1) is 7.86. The number of piperidine rings is 1. The van der Waals surface area contributed by atoms with E-state index in [4.69, 9.17) is 4.74 Å². The molecule has 0 aromatic heterocycles. The van der Waals surface area contributed by atoms with E-state index in [1.54, 1.807) is 0 Å². The van der Waals surface area contributed by atoms with Gasteiger partial charge in [-0.1, -0.05) is 6.42 Å². The Morgan fingerprint density at radius 2 is 2.06 bits per heavy atom. The lowest BCUT2D eigenvalue weighted by Gasteiger charge is -2.36. The molecule has 0 bridgehead atoms. The van der Waals surface area contributed by atoms with Gasteiger partial charge in [-0.25, -0.2) is 4.79 Å². The summed E-state index contributed by atoms with van der Waals surface area (Å²) in [6.45, 7) is 2.03. The highest BCUT2D eigenvalue weighted by atomic mass is 16.6. The van der Waals surface area contributed by atoms with Gasteiger partial charge in [-0.15, -0.1) is 0 Å². The predicted octanol–water partition coefficient (Wildman–Crippen LogP) is 1.50. The quantitative estimate of drug-likeness (QED) is 0.734. The van der Waals surface area contributed by atoms with Crippen LogP contribution in [0.15, 0.2) is 0 Å². The van der Waals surface area contributed by atoms with Crippen molar-refractivity contribution >= 4 is 6.09 Å². The molecule has 16 heavy (non-hydrogen) atoms. The van der Waals surface area contributed by atoms with Crippen molar-refractivity contribution in [3.63, 3.8) is 0 Å². The molecule has 2 saturated heterocycles. The highest BCUT2D eigenvalue weighted by Crippen LogP contribution is 2.34. The van der Waals surface area contributed by atoms with Crippen LogP contribution in [0.2, 0.25) is 0 Å². The fourth-order valence-electron chi connectivity index (χ4n) is 3.35. The molecule has 3 aliphatic rings. The summed E-state index contributed by atoms with van der Waals surface area (Å²) in [6.07, 6.45) is 7.07. The van der Waals surface area contributed by atoms with Crippen LogP contribution < -0.4 is 5.32 Å². The van der Waals surface area contributed by atoms with Crippen molar-refractivity contribution in [3.05, 3.63) is 0 Å². The van der Waals surface area contributed by atoms with Crippen LogP contribution in [-0.2, 0) is 4.74 Å². The Morgan fingerprint density at radius 3 is 2.88 bits per heavy atom. The fraction of sp³-hybridized carbons (Fsp3) is 0.917. The maximum absolute atomic E-state index is 11.9. The molecule has 90 valence electrons. The summed E-state index contributed by atoms with van der Waals surface area (Å²) in [5.41, 5.74) is 0. The van der Waals surface area contributed by atoms with Gasteiger partial charge in [0.2, 0.25) is 0 Å². The van der Waals surface area contributed by atoms with Crippen LogP contribution >= 0.6 is 0 Å².